The van der Waals surface area contributed by atoms with Crippen LogP contribution >= 0.6 is 11.6 Å². The van der Waals surface area contributed by atoms with E-state index in [0.29, 0.717) is 0 Å². The molecule has 30 heavy (non-hydrogen) atoms. The molecule has 1 aliphatic heterocycles. The predicted molar refractivity (Wildman–Crippen MR) is 98.4 cm³/mol. The smallest absolute Gasteiger partial charge is 0.363 e. The van der Waals surface area contributed by atoms with Crippen LogP contribution in [0.2, 0.25) is 5.15 Å². The molecule has 2 heterocycles. The van der Waals surface area contributed by atoms with Gasteiger partial charge in [0.2, 0.25) is 0 Å². The number of pyridine rings is 1. The van der Waals surface area contributed by atoms with Crippen molar-refractivity contribution >= 4 is 29.2 Å². The molecule has 1 aromatic carbocycles. The molecule has 1 aliphatic rings. The lowest BCUT2D eigenvalue weighted by Crippen LogP contribution is -2.41. The highest BCUT2D eigenvalue weighted by Crippen LogP contribution is 2.28. The van der Waals surface area contributed by atoms with Crippen LogP contribution in [0.15, 0.2) is 30.3 Å². The molecule has 0 unspecified atom stereocenters. The molecule has 0 aliphatic carbocycles. The number of nitrogens with zero attached hydrogens (tertiary/aromatic N) is 3. The van der Waals surface area contributed by atoms with E-state index >= 15 is 0 Å². The highest BCUT2D eigenvalue weighted by molar-refractivity contribution is 6.30. The fourth-order valence-electron chi connectivity index (χ4n) is 3.01. The van der Waals surface area contributed by atoms with Gasteiger partial charge in [0.1, 0.15) is 11.2 Å². The maximum absolute atomic E-state index is 14.2. The second-order valence-corrected chi connectivity index (χ2v) is 6.89. The second kappa shape index (κ2) is 8.28. The molecule has 0 spiro atoms. The van der Waals surface area contributed by atoms with Gasteiger partial charge in [-0.2, -0.15) is 18.4 Å². The standard InChI is InChI=1S/C19H13ClF4N4O2/c20-15-10(8-25)7-14(21)16(27-15)26-11(5-6-19(22,23)24)9-28-17(29)12-3-1-2-4-13(12)18(28)30/h1-4,7,11H,5-6,9H2,(H,26,27)/t11-/m1/s1. The molecule has 0 radical (unpaired) electrons. The third kappa shape index (κ3) is 4.52. The number of anilines is 1. The summed E-state index contributed by atoms with van der Waals surface area (Å²) in [6.45, 7) is -0.443. The van der Waals surface area contributed by atoms with Crippen LogP contribution < -0.4 is 5.32 Å². The van der Waals surface area contributed by atoms with E-state index < -0.39 is 55.1 Å². The summed E-state index contributed by atoms with van der Waals surface area (Å²) in [5, 5.41) is 11.0. The number of halogens is 5. The molecular formula is C19H13ClF4N4O2. The minimum absolute atomic E-state index is 0.141. The molecule has 0 saturated heterocycles. The van der Waals surface area contributed by atoms with E-state index in [1.165, 1.54) is 12.1 Å². The van der Waals surface area contributed by atoms with E-state index in [1.54, 1.807) is 18.2 Å². The summed E-state index contributed by atoms with van der Waals surface area (Å²) in [6.07, 6.45) is -6.30. The molecule has 1 N–H and O–H groups in total. The molecule has 2 amide bonds. The maximum atomic E-state index is 14.2. The number of hydrogen-bond acceptors (Lipinski definition) is 5. The quantitative estimate of drug-likeness (QED) is 0.414. The molecule has 1 aromatic heterocycles. The number of imide groups is 1. The fraction of sp³-hybridized carbons (Fsp3) is 0.263. The van der Waals surface area contributed by atoms with Gasteiger partial charge in [0, 0.05) is 19.0 Å². The summed E-state index contributed by atoms with van der Waals surface area (Å²) in [5.74, 6) is -2.79. The third-order valence-electron chi connectivity index (χ3n) is 4.45. The number of rotatable bonds is 6. The Hall–Kier alpha value is -3.19. The number of nitrogens with one attached hydrogen (secondary N) is 1. The van der Waals surface area contributed by atoms with Crippen molar-refractivity contribution in [2.45, 2.75) is 25.1 Å². The predicted octanol–water partition coefficient (Wildman–Crippen LogP) is 4.16. The van der Waals surface area contributed by atoms with Crippen molar-refractivity contribution < 1.29 is 27.2 Å². The Morgan fingerprint density at radius 2 is 1.80 bits per heavy atom. The van der Waals surface area contributed by atoms with Crippen LogP contribution in [0, 0.1) is 17.1 Å². The van der Waals surface area contributed by atoms with E-state index in [2.05, 4.69) is 10.3 Å². The van der Waals surface area contributed by atoms with Crippen molar-refractivity contribution in [3.8, 4) is 6.07 Å². The van der Waals surface area contributed by atoms with E-state index in [4.69, 9.17) is 16.9 Å². The van der Waals surface area contributed by atoms with Crippen molar-refractivity contribution in [2.75, 3.05) is 11.9 Å². The topological polar surface area (TPSA) is 86.1 Å². The first kappa shape index (κ1) is 21.5. The van der Waals surface area contributed by atoms with Gasteiger partial charge >= 0.3 is 6.18 Å². The van der Waals surface area contributed by atoms with Crippen LogP contribution in [0.3, 0.4) is 0 Å². The van der Waals surface area contributed by atoms with Crippen molar-refractivity contribution in [1.29, 1.82) is 5.26 Å². The van der Waals surface area contributed by atoms with E-state index in [0.717, 1.165) is 11.0 Å². The molecule has 2 aromatic rings. The average Bonchev–Trinajstić information content (AvgIpc) is 2.93. The fourth-order valence-corrected chi connectivity index (χ4v) is 3.19. The second-order valence-electron chi connectivity index (χ2n) is 6.53. The van der Waals surface area contributed by atoms with Crippen LogP contribution in [-0.2, 0) is 0 Å². The SMILES string of the molecule is N#Cc1cc(F)c(N[C@H](CCC(F)(F)F)CN2C(=O)c3ccccc3C2=O)nc1Cl. The summed E-state index contributed by atoms with van der Waals surface area (Å²) in [5.41, 5.74) is 0.0393. The van der Waals surface area contributed by atoms with Gasteiger partial charge in [-0.3, -0.25) is 14.5 Å². The zero-order valence-electron chi connectivity index (χ0n) is 15.1. The molecule has 11 heteroatoms. The first-order valence-corrected chi connectivity index (χ1v) is 9.03. The molecule has 0 saturated carbocycles. The van der Waals surface area contributed by atoms with Gasteiger partial charge in [-0.05, 0) is 24.6 Å². The number of hydrogen-bond donors (Lipinski definition) is 1. The maximum Gasteiger partial charge on any atom is 0.389 e. The Balaban J connectivity index is 1.85. The number of carbonyl (C=O) groups is 2. The number of carbonyl (C=O) groups excluding carboxylic acids is 2. The molecule has 0 fully saturated rings. The van der Waals surface area contributed by atoms with Gasteiger partial charge in [-0.1, -0.05) is 23.7 Å². The molecule has 156 valence electrons. The Bertz CT molecular complexity index is 1020. The number of amides is 2. The largest absolute Gasteiger partial charge is 0.389 e. The Kier molecular flexibility index (Phi) is 5.94. The monoisotopic (exact) mass is 440 g/mol. The average molecular weight is 441 g/mol. The Morgan fingerprint density at radius 3 is 2.33 bits per heavy atom. The van der Waals surface area contributed by atoms with Crippen molar-refractivity contribution in [2.24, 2.45) is 0 Å². The lowest BCUT2D eigenvalue weighted by Gasteiger charge is -2.25. The van der Waals surface area contributed by atoms with Crippen LogP contribution in [-0.4, -0.2) is 40.5 Å². The first-order valence-electron chi connectivity index (χ1n) is 8.65. The Labute approximate surface area is 173 Å². The Morgan fingerprint density at radius 1 is 1.20 bits per heavy atom. The summed E-state index contributed by atoms with van der Waals surface area (Å²) >= 11 is 5.77. The van der Waals surface area contributed by atoms with Gasteiger partial charge in [-0.25, -0.2) is 9.37 Å². The van der Waals surface area contributed by atoms with Crippen LogP contribution in [0.1, 0.15) is 39.1 Å². The number of nitriles is 1. The van der Waals surface area contributed by atoms with Crippen LogP contribution in [0.25, 0.3) is 0 Å². The van der Waals surface area contributed by atoms with Crippen molar-refractivity contribution in [3.05, 3.63) is 58.0 Å². The van der Waals surface area contributed by atoms with Gasteiger partial charge < -0.3 is 5.32 Å². The lowest BCUT2D eigenvalue weighted by atomic mass is 10.1. The highest BCUT2D eigenvalue weighted by atomic mass is 35.5. The van der Waals surface area contributed by atoms with Gasteiger partial charge in [-0.15, -0.1) is 0 Å². The van der Waals surface area contributed by atoms with Gasteiger partial charge in [0.15, 0.2) is 11.6 Å². The normalized spacial score (nSPS) is 14.5. The number of alkyl halides is 3. The molecular weight excluding hydrogens is 428 g/mol. The summed E-state index contributed by atoms with van der Waals surface area (Å²) in [7, 11) is 0. The van der Waals surface area contributed by atoms with Crippen LogP contribution in [0.5, 0.6) is 0 Å². The van der Waals surface area contributed by atoms with E-state index in [9.17, 15) is 27.2 Å². The lowest BCUT2D eigenvalue weighted by molar-refractivity contribution is -0.136. The zero-order chi connectivity index (χ0) is 22.1. The van der Waals surface area contributed by atoms with E-state index in [1.807, 2.05) is 0 Å². The van der Waals surface area contributed by atoms with Crippen LogP contribution in [0.4, 0.5) is 23.4 Å². The molecule has 6 nitrogen and oxygen atoms in total. The van der Waals surface area contributed by atoms with Crippen molar-refractivity contribution in [3.63, 3.8) is 0 Å². The molecule has 1 atom stereocenters. The van der Waals surface area contributed by atoms with Crippen molar-refractivity contribution in [1.82, 2.24) is 9.88 Å². The highest BCUT2D eigenvalue weighted by Gasteiger charge is 2.37. The van der Waals surface area contributed by atoms with Gasteiger partial charge in [0.25, 0.3) is 11.8 Å². The molecule has 3 rings (SSSR count). The van der Waals surface area contributed by atoms with E-state index in [-0.39, 0.29) is 21.8 Å². The minimum atomic E-state index is -4.50. The third-order valence-corrected chi connectivity index (χ3v) is 4.74. The number of fused-ring (bicyclic) bond motifs is 1. The molecule has 0 bridgehead atoms. The minimum Gasteiger partial charge on any atom is -0.363 e. The summed E-state index contributed by atoms with van der Waals surface area (Å²) < 4.78 is 52.5. The van der Waals surface area contributed by atoms with Gasteiger partial charge in [0.05, 0.1) is 16.7 Å². The number of benzene rings is 1. The number of aromatic nitrogens is 1. The zero-order valence-corrected chi connectivity index (χ0v) is 15.9. The summed E-state index contributed by atoms with van der Waals surface area (Å²) in [4.78, 5) is 29.5. The first-order chi connectivity index (χ1) is 14.1. The summed E-state index contributed by atoms with van der Waals surface area (Å²) in [6, 6.07) is 7.26.